The first-order valence-electron chi connectivity index (χ1n) is 9.69. The Morgan fingerprint density at radius 2 is 1.93 bits per heavy atom. The Balaban J connectivity index is 1.54. The summed E-state index contributed by atoms with van der Waals surface area (Å²) in [4.78, 5) is 33.5. The molecule has 0 amide bonds. The second-order valence-corrected chi connectivity index (χ2v) is 8.81. The fraction of sp³-hybridized carbons (Fsp3) is 0.227. The van der Waals surface area contributed by atoms with Crippen LogP contribution in [0.3, 0.4) is 0 Å². The van der Waals surface area contributed by atoms with Crippen LogP contribution in [0.2, 0.25) is 5.02 Å². The molecule has 0 aliphatic heterocycles. The minimum atomic E-state index is -1.09. The van der Waals surface area contributed by atoms with Crippen LogP contribution in [0.5, 0.6) is 0 Å². The smallest absolute Gasteiger partial charge is 0.337 e. The number of benzene rings is 1. The normalized spacial score (nSPS) is 13.9. The molecular formula is C22H17ClN2O4S. The van der Waals surface area contributed by atoms with E-state index in [4.69, 9.17) is 21.1 Å². The number of aromatic nitrogens is 2. The van der Waals surface area contributed by atoms with Gasteiger partial charge in [-0.1, -0.05) is 24.1 Å². The van der Waals surface area contributed by atoms with Crippen molar-refractivity contribution in [3.8, 4) is 22.9 Å². The number of thiophene rings is 1. The molecule has 0 spiro atoms. The third-order valence-electron chi connectivity index (χ3n) is 5.40. The number of hydrogen-bond acceptors (Lipinski definition) is 5. The Hall–Kier alpha value is -2.90. The molecule has 0 radical (unpaired) electrons. The van der Waals surface area contributed by atoms with Gasteiger partial charge in [-0.2, -0.15) is 0 Å². The highest BCUT2D eigenvalue weighted by Crippen LogP contribution is 2.34. The van der Waals surface area contributed by atoms with E-state index in [0.717, 1.165) is 36.1 Å². The number of fused-ring (bicyclic) bond motifs is 3. The van der Waals surface area contributed by atoms with E-state index in [1.165, 1.54) is 17.4 Å². The highest BCUT2D eigenvalue weighted by Gasteiger charge is 2.20. The number of nitrogens with zero attached hydrogens (tertiary/aromatic N) is 1. The number of rotatable bonds is 3. The number of halogens is 1. The molecule has 1 aliphatic carbocycles. The van der Waals surface area contributed by atoms with Gasteiger partial charge in [-0.15, -0.1) is 11.3 Å². The van der Waals surface area contributed by atoms with E-state index in [-0.39, 0.29) is 16.1 Å². The van der Waals surface area contributed by atoms with Crippen LogP contribution in [0.25, 0.3) is 33.1 Å². The first-order valence-corrected chi connectivity index (χ1v) is 10.9. The zero-order valence-corrected chi connectivity index (χ0v) is 17.4. The Morgan fingerprint density at radius 3 is 2.73 bits per heavy atom. The molecule has 6 nitrogen and oxygen atoms in total. The number of carboxylic acids is 1. The SMILES string of the molecule is O=C(O)c1ccc(-c2ccc(-c3nc4sc5c(c4c(=O)[nH]3)CCCCC5)o2)cc1Cl. The lowest BCUT2D eigenvalue weighted by molar-refractivity contribution is 0.0697. The fourth-order valence-electron chi connectivity index (χ4n) is 3.92. The van der Waals surface area contributed by atoms with Gasteiger partial charge in [0.1, 0.15) is 10.6 Å². The zero-order valence-electron chi connectivity index (χ0n) is 15.8. The molecule has 30 heavy (non-hydrogen) atoms. The van der Waals surface area contributed by atoms with Crippen LogP contribution in [-0.2, 0) is 12.8 Å². The molecule has 0 fully saturated rings. The van der Waals surface area contributed by atoms with Crippen LogP contribution in [-0.4, -0.2) is 21.0 Å². The summed E-state index contributed by atoms with van der Waals surface area (Å²) < 4.78 is 5.90. The number of carbonyl (C=O) groups is 1. The van der Waals surface area contributed by atoms with Crippen LogP contribution in [0, 0.1) is 0 Å². The Bertz CT molecular complexity index is 1350. The van der Waals surface area contributed by atoms with Crippen LogP contribution < -0.4 is 5.56 Å². The maximum atomic E-state index is 12.8. The lowest BCUT2D eigenvalue weighted by atomic mass is 10.1. The summed E-state index contributed by atoms with van der Waals surface area (Å²) in [6.07, 6.45) is 5.37. The third kappa shape index (κ3) is 3.24. The first-order chi connectivity index (χ1) is 14.5. The van der Waals surface area contributed by atoms with Crippen molar-refractivity contribution in [2.45, 2.75) is 32.1 Å². The number of H-pyrrole nitrogens is 1. The topological polar surface area (TPSA) is 96.2 Å². The lowest BCUT2D eigenvalue weighted by Gasteiger charge is -2.02. The minimum Gasteiger partial charge on any atom is -0.478 e. The van der Waals surface area contributed by atoms with Gasteiger partial charge in [0.05, 0.1) is 16.0 Å². The van der Waals surface area contributed by atoms with Crippen molar-refractivity contribution in [2.75, 3.05) is 0 Å². The molecule has 4 aromatic rings. The van der Waals surface area contributed by atoms with Crippen LogP contribution in [0.4, 0.5) is 0 Å². The number of hydrogen-bond donors (Lipinski definition) is 2. The quantitative estimate of drug-likeness (QED) is 0.408. The summed E-state index contributed by atoms with van der Waals surface area (Å²) in [6.45, 7) is 0. The Kier molecular flexibility index (Phi) is 4.72. The van der Waals surface area contributed by atoms with Gasteiger partial charge in [0.2, 0.25) is 0 Å². The van der Waals surface area contributed by atoms with E-state index in [0.29, 0.717) is 28.3 Å². The largest absolute Gasteiger partial charge is 0.478 e. The maximum Gasteiger partial charge on any atom is 0.337 e. The average molecular weight is 441 g/mol. The van der Waals surface area contributed by atoms with E-state index in [2.05, 4.69) is 9.97 Å². The molecule has 0 atom stereocenters. The zero-order chi connectivity index (χ0) is 20.8. The third-order valence-corrected chi connectivity index (χ3v) is 6.90. The molecule has 0 bridgehead atoms. The van der Waals surface area contributed by atoms with E-state index < -0.39 is 5.97 Å². The number of aryl methyl sites for hydroxylation is 2. The van der Waals surface area contributed by atoms with Gasteiger partial charge in [-0.05, 0) is 55.5 Å². The van der Waals surface area contributed by atoms with Gasteiger partial charge in [0, 0.05) is 10.4 Å². The number of nitrogens with one attached hydrogen (secondary N) is 1. The van der Waals surface area contributed by atoms with Crippen LogP contribution >= 0.6 is 22.9 Å². The van der Waals surface area contributed by atoms with Gasteiger partial charge in [0.25, 0.3) is 5.56 Å². The van der Waals surface area contributed by atoms with Crippen molar-refractivity contribution in [3.05, 3.63) is 61.7 Å². The molecule has 3 heterocycles. The number of aromatic amines is 1. The van der Waals surface area contributed by atoms with Crippen molar-refractivity contribution in [3.63, 3.8) is 0 Å². The summed E-state index contributed by atoms with van der Waals surface area (Å²) in [5.74, 6) is 0.235. The molecule has 5 rings (SSSR count). The highest BCUT2D eigenvalue weighted by molar-refractivity contribution is 7.18. The van der Waals surface area contributed by atoms with Crippen molar-refractivity contribution in [1.29, 1.82) is 0 Å². The van der Waals surface area contributed by atoms with Crippen molar-refractivity contribution < 1.29 is 14.3 Å². The van der Waals surface area contributed by atoms with Crippen LogP contribution in [0.15, 0.2) is 39.5 Å². The van der Waals surface area contributed by atoms with Gasteiger partial charge in [-0.25, -0.2) is 9.78 Å². The summed E-state index contributed by atoms with van der Waals surface area (Å²) in [5, 5.41) is 9.96. The van der Waals surface area contributed by atoms with E-state index in [9.17, 15) is 9.59 Å². The second kappa shape index (κ2) is 7.41. The molecule has 2 N–H and O–H groups in total. The average Bonchev–Trinajstić information content (AvgIpc) is 3.27. The molecular weight excluding hydrogens is 424 g/mol. The lowest BCUT2D eigenvalue weighted by Crippen LogP contribution is -2.09. The predicted octanol–water partition coefficient (Wildman–Crippen LogP) is 5.53. The van der Waals surface area contributed by atoms with E-state index in [1.807, 2.05) is 0 Å². The standard InChI is InChI=1S/C22H17ClN2O4S/c23-14-10-11(6-7-12(14)22(27)28)15-8-9-16(29-15)19-24-20(26)18-13-4-2-1-3-5-17(13)30-21(18)25-19/h6-10H,1-5H2,(H,27,28)(H,24,25,26). The van der Waals surface area contributed by atoms with Crippen LogP contribution in [0.1, 0.15) is 40.1 Å². The summed E-state index contributed by atoms with van der Waals surface area (Å²) in [5.41, 5.74) is 1.69. The van der Waals surface area contributed by atoms with E-state index >= 15 is 0 Å². The molecule has 1 aliphatic rings. The Labute approximate surface area is 180 Å². The molecule has 0 unspecified atom stereocenters. The van der Waals surface area contributed by atoms with Gasteiger partial charge in [-0.3, -0.25) is 4.79 Å². The summed E-state index contributed by atoms with van der Waals surface area (Å²) in [7, 11) is 0. The first kappa shape index (κ1) is 19.1. The van der Waals surface area contributed by atoms with Crippen molar-refractivity contribution >= 4 is 39.1 Å². The number of carboxylic acid groups (broad SMARTS) is 1. The summed E-state index contributed by atoms with van der Waals surface area (Å²) >= 11 is 7.66. The molecule has 8 heteroatoms. The predicted molar refractivity (Wildman–Crippen MR) is 117 cm³/mol. The van der Waals surface area contributed by atoms with Crippen molar-refractivity contribution in [2.24, 2.45) is 0 Å². The molecule has 3 aromatic heterocycles. The number of furan rings is 1. The summed E-state index contributed by atoms with van der Waals surface area (Å²) in [6, 6.07) is 8.09. The Morgan fingerprint density at radius 1 is 1.13 bits per heavy atom. The fourth-order valence-corrected chi connectivity index (χ4v) is 5.44. The molecule has 1 aromatic carbocycles. The number of aromatic carboxylic acids is 1. The van der Waals surface area contributed by atoms with Crippen molar-refractivity contribution in [1.82, 2.24) is 9.97 Å². The minimum absolute atomic E-state index is 0.0288. The molecule has 152 valence electrons. The monoisotopic (exact) mass is 440 g/mol. The maximum absolute atomic E-state index is 12.8. The second-order valence-electron chi connectivity index (χ2n) is 7.32. The molecule has 0 saturated carbocycles. The van der Waals surface area contributed by atoms with Gasteiger partial charge < -0.3 is 14.5 Å². The van der Waals surface area contributed by atoms with E-state index in [1.54, 1.807) is 35.6 Å². The highest BCUT2D eigenvalue weighted by atomic mass is 35.5. The van der Waals surface area contributed by atoms with Gasteiger partial charge >= 0.3 is 5.97 Å². The molecule has 0 saturated heterocycles. The van der Waals surface area contributed by atoms with Gasteiger partial charge in [0.15, 0.2) is 11.6 Å².